The minimum atomic E-state index is -1.46. The second kappa shape index (κ2) is 4.10. The van der Waals surface area contributed by atoms with Gasteiger partial charge in [-0.05, 0) is 25.7 Å². The van der Waals surface area contributed by atoms with Gasteiger partial charge in [0.15, 0.2) is 5.60 Å². The van der Waals surface area contributed by atoms with Crippen LogP contribution in [-0.4, -0.2) is 45.8 Å². The molecule has 1 aliphatic heterocycles. The molecular formula is C11H19NO3. The Hall–Kier alpha value is -0.610. The maximum atomic E-state index is 10.8. The third-order valence-corrected chi connectivity index (χ3v) is 3.86. The average Bonchev–Trinajstić information content (AvgIpc) is 2.72. The van der Waals surface area contributed by atoms with Crippen LogP contribution in [0.25, 0.3) is 0 Å². The van der Waals surface area contributed by atoms with Gasteiger partial charge in [-0.2, -0.15) is 0 Å². The summed E-state index contributed by atoms with van der Waals surface area (Å²) in [5.41, 5.74) is -1.46. The van der Waals surface area contributed by atoms with Crippen molar-refractivity contribution in [1.82, 2.24) is 4.90 Å². The van der Waals surface area contributed by atoms with Gasteiger partial charge in [0.25, 0.3) is 0 Å². The summed E-state index contributed by atoms with van der Waals surface area (Å²) in [6.07, 6.45) is 5.82. The minimum Gasteiger partial charge on any atom is -0.479 e. The van der Waals surface area contributed by atoms with E-state index in [0.29, 0.717) is 18.9 Å². The number of carbonyl (C=O) groups is 1. The van der Waals surface area contributed by atoms with Crippen molar-refractivity contribution in [3.05, 3.63) is 0 Å². The monoisotopic (exact) mass is 213 g/mol. The highest BCUT2D eigenvalue weighted by molar-refractivity contribution is 5.77. The van der Waals surface area contributed by atoms with Gasteiger partial charge in [0.1, 0.15) is 0 Å². The van der Waals surface area contributed by atoms with Crippen molar-refractivity contribution in [2.24, 2.45) is 0 Å². The van der Waals surface area contributed by atoms with Crippen LogP contribution in [-0.2, 0) is 4.79 Å². The van der Waals surface area contributed by atoms with Gasteiger partial charge in [0.05, 0.1) is 0 Å². The Bertz CT molecular complexity index is 240. The second-order valence-corrected chi connectivity index (χ2v) is 4.81. The number of likely N-dealkylation sites (tertiary alicyclic amines) is 1. The molecule has 2 fully saturated rings. The van der Waals surface area contributed by atoms with Crippen LogP contribution < -0.4 is 0 Å². The maximum absolute atomic E-state index is 10.8. The van der Waals surface area contributed by atoms with Crippen molar-refractivity contribution < 1.29 is 15.0 Å². The number of aliphatic carboxylic acids is 1. The molecule has 2 N–H and O–H groups in total. The van der Waals surface area contributed by atoms with E-state index in [4.69, 9.17) is 5.11 Å². The average molecular weight is 213 g/mol. The van der Waals surface area contributed by atoms with Gasteiger partial charge in [0.2, 0.25) is 0 Å². The van der Waals surface area contributed by atoms with Crippen molar-refractivity contribution in [1.29, 1.82) is 0 Å². The first-order valence-corrected chi connectivity index (χ1v) is 5.82. The Morgan fingerprint density at radius 2 is 1.73 bits per heavy atom. The molecule has 1 heterocycles. The Labute approximate surface area is 89.9 Å². The molecule has 0 amide bonds. The lowest BCUT2D eigenvalue weighted by atomic mass is 9.90. The summed E-state index contributed by atoms with van der Waals surface area (Å²) >= 11 is 0. The molecular weight excluding hydrogens is 194 g/mol. The number of piperidine rings is 1. The van der Waals surface area contributed by atoms with Gasteiger partial charge in [-0.1, -0.05) is 12.8 Å². The lowest BCUT2D eigenvalue weighted by molar-refractivity contribution is -0.164. The number of hydrogen-bond acceptors (Lipinski definition) is 3. The maximum Gasteiger partial charge on any atom is 0.335 e. The fourth-order valence-electron chi connectivity index (χ4n) is 2.74. The van der Waals surface area contributed by atoms with Crippen LogP contribution in [0.3, 0.4) is 0 Å². The summed E-state index contributed by atoms with van der Waals surface area (Å²) in [7, 11) is 0. The normalized spacial score (nSPS) is 28.1. The zero-order valence-corrected chi connectivity index (χ0v) is 8.98. The molecule has 1 saturated carbocycles. The van der Waals surface area contributed by atoms with E-state index in [1.54, 1.807) is 0 Å². The topological polar surface area (TPSA) is 60.8 Å². The molecule has 0 aromatic heterocycles. The highest BCUT2D eigenvalue weighted by Gasteiger charge is 2.40. The molecule has 0 aromatic carbocycles. The Morgan fingerprint density at radius 3 is 2.20 bits per heavy atom. The van der Waals surface area contributed by atoms with E-state index in [9.17, 15) is 9.90 Å². The molecule has 0 spiro atoms. The summed E-state index contributed by atoms with van der Waals surface area (Å²) in [6.45, 7) is 1.46. The van der Waals surface area contributed by atoms with Crippen LogP contribution in [0.2, 0.25) is 0 Å². The quantitative estimate of drug-likeness (QED) is 0.713. The number of hydrogen-bond donors (Lipinski definition) is 2. The van der Waals surface area contributed by atoms with E-state index in [-0.39, 0.29) is 0 Å². The van der Waals surface area contributed by atoms with E-state index in [1.807, 2.05) is 0 Å². The first kappa shape index (κ1) is 10.9. The van der Waals surface area contributed by atoms with Crippen LogP contribution in [0.1, 0.15) is 38.5 Å². The van der Waals surface area contributed by atoms with Crippen LogP contribution in [0.15, 0.2) is 0 Å². The van der Waals surface area contributed by atoms with Crippen LogP contribution >= 0.6 is 0 Å². The van der Waals surface area contributed by atoms with Crippen LogP contribution in [0.5, 0.6) is 0 Å². The van der Waals surface area contributed by atoms with Gasteiger partial charge < -0.3 is 15.1 Å². The standard InChI is InChI=1S/C11H19NO3/c13-10(14)11(15)5-7-12(8-6-11)9-3-1-2-4-9/h9,15H,1-8H2,(H,13,14). The van der Waals surface area contributed by atoms with Gasteiger partial charge >= 0.3 is 5.97 Å². The summed E-state index contributed by atoms with van der Waals surface area (Å²) in [5, 5.41) is 18.7. The molecule has 0 radical (unpaired) electrons. The van der Waals surface area contributed by atoms with Crippen molar-refractivity contribution in [2.45, 2.75) is 50.2 Å². The van der Waals surface area contributed by atoms with Gasteiger partial charge in [-0.25, -0.2) is 4.79 Å². The van der Waals surface area contributed by atoms with Crippen molar-refractivity contribution >= 4 is 5.97 Å². The zero-order valence-electron chi connectivity index (χ0n) is 8.98. The molecule has 0 bridgehead atoms. The SMILES string of the molecule is O=C(O)C1(O)CCN(C2CCCC2)CC1. The summed E-state index contributed by atoms with van der Waals surface area (Å²) in [5.74, 6) is -1.06. The molecule has 4 heteroatoms. The largest absolute Gasteiger partial charge is 0.479 e. The van der Waals surface area contributed by atoms with Crippen molar-refractivity contribution in [2.75, 3.05) is 13.1 Å². The number of nitrogens with zero attached hydrogens (tertiary/aromatic N) is 1. The van der Waals surface area contributed by atoms with Crippen molar-refractivity contribution in [3.63, 3.8) is 0 Å². The molecule has 1 aliphatic carbocycles. The van der Waals surface area contributed by atoms with Crippen LogP contribution in [0, 0.1) is 0 Å². The number of carboxylic acids is 1. The predicted molar refractivity (Wildman–Crippen MR) is 55.6 cm³/mol. The molecule has 15 heavy (non-hydrogen) atoms. The highest BCUT2D eigenvalue weighted by Crippen LogP contribution is 2.29. The summed E-state index contributed by atoms with van der Waals surface area (Å²) in [6, 6.07) is 0.642. The van der Waals surface area contributed by atoms with E-state index in [2.05, 4.69) is 4.90 Å². The Kier molecular flexibility index (Phi) is 2.98. The van der Waals surface area contributed by atoms with Gasteiger partial charge in [-0.3, -0.25) is 0 Å². The third kappa shape index (κ3) is 2.16. The smallest absolute Gasteiger partial charge is 0.335 e. The molecule has 2 aliphatic rings. The fourth-order valence-corrected chi connectivity index (χ4v) is 2.74. The zero-order chi connectivity index (χ0) is 10.9. The number of carboxylic acid groups (broad SMARTS) is 1. The molecule has 2 rings (SSSR count). The molecule has 86 valence electrons. The molecule has 1 saturated heterocycles. The number of aliphatic hydroxyl groups is 1. The first-order valence-electron chi connectivity index (χ1n) is 5.82. The molecule has 0 unspecified atom stereocenters. The lowest BCUT2D eigenvalue weighted by Crippen LogP contribution is -2.51. The third-order valence-electron chi connectivity index (χ3n) is 3.86. The fraction of sp³-hybridized carbons (Fsp3) is 0.909. The van der Waals surface area contributed by atoms with Gasteiger partial charge in [0, 0.05) is 19.1 Å². The predicted octanol–water partition coefficient (Wildman–Crippen LogP) is 0.840. The molecule has 0 atom stereocenters. The molecule has 0 aromatic rings. The summed E-state index contributed by atoms with van der Waals surface area (Å²) < 4.78 is 0. The van der Waals surface area contributed by atoms with E-state index < -0.39 is 11.6 Å². The summed E-state index contributed by atoms with van der Waals surface area (Å²) in [4.78, 5) is 13.2. The minimum absolute atomic E-state index is 0.374. The van der Waals surface area contributed by atoms with E-state index in [1.165, 1.54) is 25.7 Å². The Morgan fingerprint density at radius 1 is 1.20 bits per heavy atom. The van der Waals surface area contributed by atoms with Crippen molar-refractivity contribution in [3.8, 4) is 0 Å². The van der Waals surface area contributed by atoms with E-state index >= 15 is 0 Å². The second-order valence-electron chi connectivity index (χ2n) is 4.81. The van der Waals surface area contributed by atoms with E-state index in [0.717, 1.165) is 13.1 Å². The highest BCUT2D eigenvalue weighted by atomic mass is 16.4. The van der Waals surface area contributed by atoms with Gasteiger partial charge in [-0.15, -0.1) is 0 Å². The Balaban J connectivity index is 1.88. The first-order chi connectivity index (χ1) is 7.12. The lowest BCUT2D eigenvalue weighted by Gasteiger charge is -2.38. The van der Waals surface area contributed by atoms with Crippen LogP contribution in [0.4, 0.5) is 0 Å². The number of rotatable bonds is 2. The molecule has 4 nitrogen and oxygen atoms in total.